The fourth-order valence-corrected chi connectivity index (χ4v) is 2.22. The minimum atomic E-state index is -0.462. The molecule has 23 heavy (non-hydrogen) atoms. The summed E-state index contributed by atoms with van der Waals surface area (Å²) in [5, 5.41) is 13.5. The van der Waals surface area contributed by atoms with Crippen LogP contribution < -0.4 is 10.1 Å². The van der Waals surface area contributed by atoms with Crippen molar-refractivity contribution in [3.63, 3.8) is 0 Å². The molecular weight excluding hydrogens is 296 g/mol. The van der Waals surface area contributed by atoms with Crippen molar-refractivity contribution < 1.29 is 14.5 Å². The third-order valence-electron chi connectivity index (χ3n) is 3.64. The van der Waals surface area contributed by atoms with Gasteiger partial charge in [0.2, 0.25) is 5.91 Å². The molecule has 0 fully saturated rings. The fraction of sp³-hybridized carbons (Fsp3) is 0.235. The molecule has 0 radical (unpaired) electrons. The van der Waals surface area contributed by atoms with Gasteiger partial charge in [0.15, 0.2) is 0 Å². The number of methoxy groups -OCH3 is 1. The number of nitrogens with one attached hydrogen (secondary N) is 1. The summed E-state index contributed by atoms with van der Waals surface area (Å²) in [6.07, 6.45) is 0. The van der Waals surface area contributed by atoms with E-state index in [1.807, 2.05) is 24.3 Å². The standard InChI is InChI=1S/C17H18N2O4/c1-12(13-7-9-15(10-8-13)19(21)22)17(20)18-11-14-5-3-4-6-16(14)23-2/h3-10,12H,11H2,1-2H3,(H,18,20)/t12-/m1/s1. The van der Waals surface area contributed by atoms with Crippen molar-refractivity contribution in [2.45, 2.75) is 19.4 Å². The van der Waals surface area contributed by atoms with Gasteiger partial charge in [-0.25, -0.2) is 0 Å². The number of carbonyl (C=O) groups excluding carboxylic acids is 1. The van der Waals surface area contributed by atoms with Crippen LogP contribution in [0.2, 0.25) is 0 Å². The van der Waals surface area contributed by atoms with Gasteiger partial charge in [0.25, 0.3) is 5.69 Å². The fourth-order valence-electron chi connectivity index (χ4n) is 2.22. The molecule has 6 heteroatoms. The zero-order chi connectivity index (χ0) is 16.8. The van der Waals surface area contributed by atoms with Crippen molar-refractivity contribution in [3.8, 4) is 5.75 Å². The molecule has 0 aliphatic carbocycles. The third kappa shape index (κ3) is 4.06. The van der Waals surface area contributed by atoms with Gasteiger partial charge in [-0.15, -0.1) is 0 Å². The van der Waals surface area contributed by atoms with Crippen LogP contribution in [0, 0.1) is 10.1 Å². The van der Waals surface area contributed by atoms with Gasteiger partial charge in [-0.2, -0.15) is 0 Å². The van der Waals surface area contributed by atoms with Crippen molar-refractivity contribution in [2.75, 3.05) is 7.11 Å². The molecule has 2 aromatic rings. The number of amides is 1. The highest BCUT2D eigenvalue weighted by Crippen LogP contribution is 2.20. The highest BCUT2D eigenvalue weighted by Gasteiger charge is 2.16. The van der Waals surface area contributed by atoms with Crippen molar-refractivity contribution >= 4 is 11.6 Å². The highest BCUT2D eigenvalue weighted by atomic mass is 16.6. The van der Waals surface area contributed by atoms with Crippen LogP contribution in [0.4, 0.5) is 5.69 Å². The molecule has 1 amide bonds. The van der Waals surface area contributed by atoms with Crippen LogP contribution in [0.1, 0.15) is 24.0 Å². The van der Waals surface area contributed by atoms with E-state index in [9.17, 15) is 14.9 Å². The van der Waals surface area contributed by atoms with Gasteiger partial charge in [0.1, 0.15) is 5.75 Å². The summed E-state index contributed by atoms with van der Waals surface area (Å²) in [6, 6.07) is 13.5. The number of para-hydroxylation sites is 1. The summed E-state index contributed by atoms with van der Waals surface area (Å²) in [6.45, 7) is 2.12. The normalized spacial score (nSPS) is 11.6. The molecule has 120 valence electrons. The second-order valence-corrected chi connectivity index (χ2v) is 5.10. The number of non-ortho nitro benzene ring substituents is 1. The first kappa shape index (κ1) is 16.5. The minimum Gasteiger partial charge on any atom is -0.496 e. The molecule has 2 aromatic carbocycles. The van der Waals surface area contributed by atoms with Crippen LogP contribution >= 0.6 is 0 Å². The number of nitro groups is 1. The molecule has 0 spiro atoms. The van der Waals surface area contributed by atoms with E-state index in [4.69, 9.17) is 4.74 Å². The van der Waals surface area contributed by atoms with E-state index in [0.717, 1.165) is 16.9 Å². The average Bonchev–Trinajstić information content (AvgIpc) is 2.59. The topological polar surface area (TPSA) is 81.5 Å². The molecular formula is C17H18N2O4. The number of nitro benzene ring substituents is 1. The molecule has 0 saturated heterocycles. The lowest BCUT2D eigenvalue weighted by Gasteiger charge is -2.14. The van der Waals surface area contributed by atoms with Crippen LogP contribution in [-0.4, -0.2) is 17.9 Å². The van der Waals surface area contributed by atoms with Gasteiger partial charge in [0.05, 0.1) is 18.0 Å². The SMILES string of the molecule is COc1ccccc1CNC(=O)[C@H](C)c1ccc([N+](=O)[O-])cc1. The molecule has 0 unspecified atom stereocenters. The Balaban J connectivity index is 2.01. The van der Waals surface area contributed by atoms with Crippen molar-refractivity contribution in [1.82, 2.24) is 5.32 Å². The molecule has 0 aliphatic rings. The van der Waals surface area contributed by atoms with Gasteiger partial charge >= 0.3 is 0 Å². The molecule has 2 rings (SSSR count). The van der Waals surface area contributed by atoms with Crippen molar-refractivity contribution in [1.29, 1.82) is 0 Å². The highest BCUT2D eigenvalue weighted by molar-refractivity contribution is 5.83. The molecule has 1 atom stereocenters. The number of hydrogen-bond acceptors (Lipinski definition) is 4. The van der Waals surface area contributed by atoms with Crippen molar-refractivity contribution in [2.24, 2.45) is 0 Å². The number of nitrogens with zero attached hydrogens (tertiary/aromatic N) is 1. The Morgan fingerprint density at radius 1 is 1.22 bits per heavy atom. The Hall–Kier alpha value is -2.89. The molecule has 0 saturated carbocycles. The molecule has 0 aromatic heterocycles. The first-order valence-electron chi connectivity index (χ1n) is 7.17. The smallest absolute Gasteiger partial charge is 0.269 e. The van der Waals surface area contributed by atoms with E-state index in [0.29, 0.717) is 6.54 Å². The Morgan fingerprint density at radius 3 is 2.48 bits per heavy atom. The quantitative estimate of drug-likeness (QED) is 0.656. The maximum absolute atomic E-state index is 12.2. The lowest BCUT2D eigenvalue weighted by molar-refractivity contribution is -0.384. The maximum atomic E-state index is 12.2. The van der Waals surface area contributed by atoms with Crippen LogP contribution in [0.15, 0.2) is 48.5 Å². The van der Waals surface area contributed by atoms with E-state index in [1.165, 1.54) is 12.1 Å². The second kappa shape index (κ2) is 7.40. The molecule has 1 N–H and O–H groups in total. The lowest BCUT2D eigenvalue weighted by atomic mass is 10.00. The van der Waals surface area contributed by atoms with E-state index in [-0.39, 0.29) is 11.6 Å². The zero-order valence-electron chi connectivity index (χ0n) is 13.0. The van der Waals surface area contributed by atoms with Gasteiger partial charge in [-0.05, 0) is 18.6 Å². The second-order valence-electron chi connectivity index (χ2n) is 5.10. The average molecular weight is 314 g/mol. The first-order chi connectivity index (χ1) is 11.0. The zero-order valence-corrected chi connectivity index (χ0v) is 13.0. The Morgan fingerprint density at radius 2 is 1.87 bits per heavy atom. The van der Waals surface area contributed by atoms with E-state index in [1.54, 1.807) is 26.2 Å². The van der Waals surface area contributed by atoms with Gasteiger partial charge in [-0.3, -0.25) is 14.9 Å². The Bertz CT molecular complexity index is 698. The molecule has 0 aliphatic heterocycles. The summed E-state index contributed by atoms with van der Waals surface area (Å²) < 4.78 is 5.24. The number of carbonyl (C=O) groups is 1. The largest absolute Gasteiger partial charge is 0.496 e. The summed E-state index contributed by atoms with van der Waals surface area (Å²) in [7, 11) is 1.58. The van der Waals surface area contributed by atoms with Crippen LogP contribution in [0.25, 0.3) is 0 Å². The van der Waals surface area contributed by atoms with Gasteiger partial charge in [-0.1, -0.05) is 30.3 Å². The number of hydrogen-bond donors (Lipinski definition) is 1. The summed E-state index contributed by atoms with van der Waals surface area (Å²) in [4.78, 5) is 22.4. The van der Waals surface area contributed by atoms with Gasteiger partial charge in [0, 0.05) is 24.2 Å². The number of ether oxygens (including phenoxy) is 1. The van der Waals surface area contributed by atoms with Crippen LogP contribution in [-0.2, 0) is 11.3 Å². The lowest BCUT2D eigenvalue weighted by Crippen LogP contribution is -2.27. The summed E-state index contributed by atoms with van der Waals surface area (Å²) in [5.41, 5.74) is 1.63. The predicted molar refractivity (Wildman–Crippen MR) is 86.4 cm³/mol. The molecule has 0 bridgehead atoms. The van der Waals surface area contributed by atoms with Crippen LogP contribution in [0.5, 0.6) is 5.75 Å². The Labute approximate surface area is 134 Å². The van der Waals surface area contributed by atoms with Gasteiger partial charge < -0.3 is 10.1 Å². The van der Waals surface area contributed by atoms with Crippen LogP contribution in [0.3, 0.4) is 0 Å². The van der Waals surface area contributed by atoms with Crippen molar-refractivity contribution in [3.05, 3.63) is 69.8 Å². The predicted octanol–water partition coefficient (Wildman–Crippen LogP) is 3.02. The van der Waals surface area contributed by atoms with E-state index in [2.05, 4.69) is 5.32 Å². The molecule has 6 nitrogen and oxygen atoms in total. The first-order valence-corrected chi connectivity index (χ1v) is 7.17. The summed E-state index contributed by atoms with van der Waals surface area (Å²) in [5.74, 6) is 0.172. The monoisotopic (exact) mass is 314 g/mol. The minimum absolute atomic E-state index is 0.00961. The van der Waals surface area contributed by atoms with E-state index >= 15 is 0 Å². The summed E-state index contributed by atoms with van der Waals surface area (Å²) >= 11 is 0. The maximum Gasteiger partial charge on any atom is 0.269 e. The number of benzene rings is 2. The Kier molecular flexibility index (Phi) is 5.30. The number of rotatable bonds is 6. The molecule has 0 heterocycles. The van der Waals surface area contributed by atoms with E-state index < -0.39 is 10.8 Å². The third-order valence-corrected chi connectivity index (χ3v) is 3.64.